The fourth-order valence-corrected chi connectivity index (χ4v) is 6.52. The Balaban J connectivity index is 1.62. The van der Waals surface area contributed by atoms with E-state index >= 15 is 0 Å². The van der Waals surface area contributed by atoms with Gasteiger partial charge in [-0.25, -0.2) is 4.98 Å². The quantitative estimate of drug-likeness (QED) is 0.197. The molecule has 0 saturated heterocycles. The number of ether oxygens (including phenoxy) is 1. The number of benzene rings is 2. The summed E-state index contributed by atoms with van der Waals surface area (Å²) in [7, 11) is -2.13. The summed E-state index contributed by atoms with van der Waals surface area (Å²) >= 11 is 0. The lowest BCUT2D eigenvalue weighted by molar-refractivity contribution is -0.137. The standard InChI is InChI=1S/C30H33F3N7O5P/c1-4-34-28(41)22-14-20-8-10-24(22)37-27-23(30(31,32)33)16-35-29(39-27)38-25-9-7-19(13-26(25)43-3)18-46(42,44-5-2)45-12-6-11-40-17-21(20)15-36-40/h7-10,13-17H,4-6,11-12,18H2,1-3H3,(H,34,41)(H2,35,37,38,39)/t46-/m0/s1. The van der Waals surface area contributed by atoms with E-state index in [0.29, 0.717) is 53.8 Å². The summed E-state index contributed by atoms with van der Waals surface area (Å²) in [5.41, 5.74) is 1.32. The molecule has 0 aliphatic carbocycles. The topological polar surface area (TPSA) is 142 Å². The van der Waals surface area contributed by atoms with Gasteiger partial charge in [0.2, 0.25) is 5.95 Å². The molecule has 3 N–H and O–H groups in total. The number of carbonyl (C=O) groups excluding carboxylic acids is 1. The van der Waals surface area contributed by atoms with Gasteiger partial charge in [0.15, 0.2) is 0 Å². The number of halogens is 3. The van der Waals surface area contributed by atoms with Gasteiger partial charge in [-0.05, 0) is 55.7 Å². The predicted molar refractivity (Wildman–Crippen MR) is 166 cm³/mol. The molecule has 0 fully saturated rings. The Morgan fingerprint density at radius 2 is 1.91 bits per heavy atom. The first-order chi connectivity index (χ1) is 22.0. The highest BCUT2D eigenvalue weighted by molar-refractivity contribution is 7.53. The molecule has 6 heterocycles. The van der Waals surface area contributed by atoms with Crippen LogP contribution in [0.1, 0.15) is 41.8 Å². The Morgan fingerprint density at radius 1 is 1.11 bits per heavy atom. The molecular weight excluding hydrogens is 626 g/mol. The second kappa shape index (κ2) is 13.9. The molecule has 8 bridgehead atoms. The summed E-state index contributed by atoms with van der Waals surface area (Å²) in [6.45, 7) is 4.53. The average Bonchev–Trinajstić information content (AvgIpc) is 3.49. The third-order valence-electron chi connectivity index (χ3n) is 6.95. The van der Waals surface area contributed by atoms with Crippen molar-refractivity contribution in [2.75, 3.05) is 37.5 Å². The largest absolute Gasteiger partial charge is 0.495 e. The average molecular weight is 660 g/mol. The van der Waals surface area contributed by atoms with Crippen molar-refractivity contribution in [3.05, 3.63) is 71.7 Å². The maximum Gasteiger partial charge on any atom is 0.421 e. The van der Waals surface area contributed by atoms with Crippen molar-refractivity contribution >= 4 is 36.6 Å². The molecule has 2 aromatic carbocycles. The molecule has 1 atom stereocenters. The van der Waals surface area contributed by atoms with Crippen LogP contribution in [0.5, 0.6) is 5.75 Å². The number of nitrogens with one attached hydrogen (secondary N) is 3. The van der Waals surface area contributed by atoms with Crippen LogP contribution in [-0.4, -0.2) is 52.5 Å². The number of hydrogen-bond acceptors (Lipinski definition) is 10. The molecule has 0 radical (unpaired) electrons. The maximum absolute atomic E-state index is 14.1. The Bertz CT molecular complexity index is 1770. The van der Waals surface area contributed by atoms with Crippen LogP contribution in [0.15, 0.2) is 55.0 Å². The summed E-state index contributed by atoms with van der Waals surface area (Å²) in [4.78, 5) is 21.1. The summed E-state index contributed by atoms with van der Waals surface area (Å²) in [6, 6.07) is 9.64. The highest BCUT2D eigenvalue weighted by Crippen LogP contribution is 2.52. The van der Waals surface area contributed by atoms with Crippen molar-refractivity contribution in [1.82, 2.24) is 25.1 Å². The molecule has 1 amide bonds. The molecule has 16 heteroatoms. The maximum atomic E-state index is 14.1. The van der Waals surface area contributed by atoms with Crippen LogP contribution in [0, 0.1) is 0 Å². The van der Waals surface area contributed by atoms with E-state index in [4.69, 9.17) is 13.8 Å². The van der Waals surface area contributed by atoms with E-state index in [1.54, 1.807) is 61.3 Å². The summed E-state index contributed by atoms with van der Waals surface area (Å²) in [6.07, 6.45) is -0.305. The van der Waals surface area contributed by atoms with Crippen molar-refractivity contribution < 1.29 is 36.3 Å². The van der Waals surface area contributed by atoms with E-state index in [1.165, 1.54) is 13.2 Å². The molecule has 46 heavy (non-hydrogen) atoms. The van der Waals surface area contributed by atoms with Gasteiger partial charge in [0, 0.05) is 31.0 Å². The zero-order chi connectivity index (χ0) is 32.9. The monoisotopic (exact) mass is 659 g/mol. The number of methoxy groups -OCH3 is 1. The third kappa shape index (κ3) is 7.66. The van der Waals surface area contributed by atoms with Gasteiger partial charge in [-0.2, -0.15) is 23.3 Å². The van der Waals surface area contributed by atoms with Crippen LogP contribution < -0.4 is 20.7 Å². The van der Waals surface area contributed by atoms with E-state index < -0.39 is 31.1 Å². The van der Waals surface area contributed by atoms with Crippen LogP contribution in [0.3, 0.4) is 0 Å². The number of nitrogens with zero attached hydrogens (tertiary/aromatic N) is 4. The van der Waals surface area contributed by atoms with Gasteiger partial charge < -0.3 is 29.7 Å². The molecule has 12 nitrogen and oxygen atoms in total. The van der Waals surface area contributed by atoms with E-state index in [9.17, 15) is 22.5 Å². The fourth-order valence-electron chi connectivity index (χ4n) is 4.82. The predicted octanol–water partition coefficient (Wildman–Crippen LogP) is 6.75. The van der Waals surface area contributed by atoms with Gasteiger partial charge in [-0.1, -0.05) is 12.1 Å². The van der Waals surface area contributed by atoms with Gasteiger partial charge in [-0.3, -0.25) is 14.0 Å². The second-order valence-electron chi connectivity index (χ2n) is 10.2. The first-order valence-electron chi connectivity index (χ1n) is 14.5. The first kappa shape index (κ1) is 32.9. The van der Waals surface area contributed by atoms with Crippen LogP contribution >= 0.6 is 7.60 Å². The Hall–Kier alpha value is -4.46. The Kier molecular flexibility index (Phi) is 9.94. The molecule has 0 unspecified atom stereocenters. The molecular formula is C30H33F3N7O5P. The number of aryl methyl sites for hydroxylation is 1. The summed E-state index contributed by atoms with van der Waals surface area (Å²) < 4.78 is 74.4. The molecule has 244 valence electrons. The molecule has 0 spiro atoms. The fraction of sp³-hybridized carbons (Fsp3) is 0.333. The van der Waals surface area contributed by atoms with Crippen molar-refractivity contribution in [3.63, 3.8) is 0 Å². The number of anilines is 4. The van der Waals surface area contributed by atoms with E-state index in [-0.39, 0.29) is 36.6 Å². The third-order valence-corrected chi connectivity index (χ3v) is 8.93. The SMILES string of the molecule is CCNC(=O)c1cc2ccc1Nc1nc(ncc1C(F)(F)F)Nc1ccc(cc1OC)C[P@](=O)(OCC)OCCCn1cc-2cn1. The number of alkyl halides is 3. The van der Waals surface area contributed by atoms with Crippen LogP contribution in [0.25, 0.3) is 11.1 Å². The molecule has 4 aliphatic heterocycles. The highest BCUT2D eigenvalue weighted by Gasteiger charge is 2.36. The Labute approximate surface area is 263 Å². The molecule has 0 saturated carbocycles. The van der Waals surface area contributed by atoms with Crippen molar-refractivity contribution in [2.45, 2.75) is 39.2 Å². The van der Waals surface area contributed by atoms with Gasteiger partial charge in [0.05, 0.1) is 49.6 Å². The Morgan fingerprint density at radius 3 is 2.65 bits per heavy atom. The van der Waals surface area contributed by atoms with Gasteiger partial charge in [0.25, 0.3) is 5.91 Å². The number of carbonyl (C=O) groups is 1. The normalized spacial score (nSPS) is 16.9. The van der Waals surface area contributed by atoms with Crippen LogP contribution in [0.4, 0.5) is 36.3 Å². The van der Waals surface area contributed by atoms with Crippen molar-refractivity contribution in [3.8, 4) is 16.9 Å². The lowest BCUT2D eigenvalue weighted by Crippen LogP contribution is -2.24. The van der Waals surface area contributed by atoms with Crippen LogP contribution in [-0.2, 0) is 32.5 Å². The zero-order valence-corrected chi connectivity index (χ0v) is 26.2. The minimum atomic E-state index is -4.80. The number of rotatable bonds is 5. The molecule has 4 aliphatic rings. The smallest absolute Gasteiger partial charge is 0.421 e. The molecule has 2 aromatic heterocycles. The minimum absolute atomic E-state index is 0.0300. The number of amides is 1. The second-order valence-corrected chi connectivity index (χ2v) is 12.3. The van der Waals surface area contributed by atoms with Crippen LogP contribution in [0.2, 0.25) is 0 Å². The lowest BCUT2D eigenvalue weighted by Gasteiger charge is -2.19. The van der Waals surface area contributed by atoms with E-state index in [0.717, 1.165) is 0 Å². The zero-order valence-electron chi connectivity index (χ0n) is 25.3. The van der Waals surface area contributed by atoms with Crippen molar-refractivity contribution in [1.29, 1.82) is 0 Å². The highest BCUT2D eigenvalue weighted by atomic mass is 31.2. The van der Waals surface area contributed by atoms with Gasteiger partial charge >= 0.3 is 13.8 Å². The molecule has 8 rings (SSSR count). The van der Waals surface area contributed by atoms with Gasteiger partial charge in [0.1, 0.15) is 17.1 Å². The minimum Gasteiger partial charge on any atom is -0.495 e. The first-order valence-corrected chi connectivity index (χ1v) is 16.2. The van der Waals surface area contributed by atoms with Crippen molar-refractivity contribution in [2.24, 2.45) is 0 Å². The van der Waals surface area contributed by atoms with E-state index in [2.05, 4.69) is 31.0 Å². The number of hydrogen-bond donors (Lipinski definition) is 3. The summed E-state index contributed by atoms with van der Waals surface area (Å²) in [5, 5.41) is 12.7. The lowest BCUT2D eigenvalue weighted by atomic mass is 10.0. The summed E-state index contributed by atoms with van der Waals surface area (Å²) in [5.74, 6) is -0.932. The van der Waals surface area contributed by atoms with E-state index in [1.807, 2.05) is 0 Å². The molecule has 4 aromatic rings. The van der Waals surface area contributed by atoms with Gasteiger partial charge in [-0.15, -0.1) is 0 Å². The number of aromatic nitrogens is 4.